The second kappa shape index (κ2) is 37.8. The molecule has 116 heavy (non-hydrogen) atoms. The van der Waals surface area contributed by atoms with Crippen LogP contribution < -0.4 is 10.1 Å². The molecule has 2 aliphatic heterocycles. The molecule has 1 saturated carbocycles. The number of rotatable bonds is 24. The van der Waals surface area contributed by atoms with Crippen LogP contribution in [0.4, 0.5) is 17.1 Å². The number of aromatic nitrogens is 4. The van der Waals surface area contributed by atoms with Gasteiger partial charge in [-0.1, -0.05) is 202 Å². The highest BCUT2D eigenvalue weighted by atomic mass is 16.5. The first-order valence-corrected chi connectivity index (χ1v) is 39.7. The summed E-state index contributed by atoms with van der Waals surface area (Å²) in [4.78, 5) is 96.1. The molecular formula is C101H91N7O8. The van der Waals surface area contributed by atoms with E-state index in [9.17, 15) is 28.8 Å². The number of allylic oxidation sites excluding steroid dienone is 1. The maximum Gasteiger partial charge on any atom is 0.227 e. The summed E-state index contributed by atoms with van der Waals surface area (Å²) in [6.07, 6.45) is 11.5. The Kier molecular flexibility index (Phi) is 25.7. The lowest BCUT2D eigenvalue weighted by molar-refractivity contribution is -0.122. The van der Waals surface area contributed by atoms with Crippen molar-refractivity contribution in [3.05, 3.63) is 358 Å². The van der Waals surface area contributed by atoms with Gasteiger partial charge in [0.1, 0.15) is 34.7 Å². The fourth-order valence-corrected chi connectivity index (χ4v) is 14.1. The van der Waals surface area contributed by atoms with Gasteiger partial charge in [0.25, 0.3) is 0 Å². The molecule has 0 radical (unpaired) electrons. The van der Waals surface area contributed by atoms with Gasteiger partial charge in [-0.3, -0.25) is 34.0 Å². The number of ether oxygens (including phenoxy) is 1. The average molecular weight is 1530 g/mol. The average Bonchev–Trinajstić information content (AvgIpc) is 1.69. The molecule has 5 heterocycles. The first-order valence-electron chi connectivity index (χ1n) is 39.7. The van der Waals surface area contributed by atoms with Crippen LogP contribution in [-0.2, 0) is 64.1 Å². The van der Waals surface area contributed by atoms with Crippen molar-refractivity contribution in [1.82, 2.24) is 19.9 Å². The van der Waals surface area contributed by atoms with E-state index >= 15 is 0 Å². The van der Waals surface area contributed by atoms with Gasteiger partial charge < -0.3 is 29.2 Å². The fraction of sp³-hybridized carbons (Fsp3) is 0.188. The van der Waals surface area contributed by atoms with Crippen LogP contribution in [0.15, 0.2) is 300 Å². The number of benzene rings is 11. The number of furan rings is 1. The molecule has 0 atom stereocenters. The summed E-state index contributed by atoms with van der Waals surface area (Å²) in [5.74, 6) is 4.23. The normalized spacial score (nSPS) is 12.6. The SMILES string of the molecule is CC(=O)CCC(=O)Cc1ccc(C2=Cc3ccccc3C2)cc1.CC(C)CC(=O)Cc1ccc(C2=Nc3ccccc3C2)cc1.CCOc1ccc(C(=O)Cc2ccc(C3=Nc4ccccc4C3)cc2)cc1.O=C(Cc1ccc(-c2nc3ccccc3[nH]2)cc1)c1ccco1.O=C(Nc1ccc(-c2nc3ccccc3[nH]2)cc1)C1CC1. The van der Waals surface area contributed by atoms with Gasteiger partial charge in [0.15, 0.2) is 11.5 Å². The molecule has 15 nitrogen and oxygen atoms in total. The molecule has 3 aromatic heterocycles. The molecular weight excluding hydrogens is 1440 g/mol. The molecule has 0 saturated heterocycles. The molecule has 11 aromatic carbocycles. The third kappa shape index (κ3) is 21.4. The van der Waals surface area contributed by atoms with Crippen molar-refractivity contribution in [2.45, 2.75) is 105 Å². The van der Waals surface area contributed by atoms with Crippen LogP contribution in [0.3, 0.4) is 0 Å². The lowest BCUT2D eigenvalue weighted by atomic mass is 9.98. The van der Waals surface area contributed by atoms with Crippen LogP contribution >= 0.6 is 0 Å². The number of H-pyrrole nitrogens is 2. The number of hydrogen-bond donors (Lipinski definition) is 3. The van der Waals surface area contributed by atoms with Crippen LogP contribution in [0, 0.1) is 11.8 Å². The number of imidazole rings is 2. The quantitative estimate of drug-likeness (QED) is 0.0486. The number of ketones is 5. The van der Waals surface area contributed by atoms with E-state index < -0.39 is 0 Å². The first-order chi connectivity index (χ1) is 56.5. The number of nitrogens with zero attached hydrogens (tertiary/aromatic N) is 4. The lowest BCUT2D eigenvalue weighted by Gasteiger charge is -2.06. The molecule has 18 rings (SSSR count). The first kappa shape index (κ1) is 79.0. The van der Waals surface area contributed by atoms with E-state index in [0.717, 1.165) is 145 Å². The Bertz CT molecular complexity index is 5840. The van der Waals surface area contributed by atoms with Crippen LogP contribution in [0.1, 0.15) is 142 Å². The summed E-state index contributed by atoms with van der Waals surface area (Å²) >= 11 is 0. The van der Waals surface area contributed by atoms with Crippen LogP contribution in [0.2, 0.25) is 0 Å². The van der Waals surface area contributed by atoms with E-state index in [4.69, 9.17) is 19.1 Å². The molecule has 2 aliphatic carbocycles. The second-order valence-electron chi connectivity index (χ2n) is 30.0. The van der Waals surface area contributed by atoms with Crippen molar-refractivity contribution in [3.8, 4) is 28.5 Å². The lowest BCUT2D eigenvalue weighted by Crippen LogP contribution is -2.12. The Morgan fingerprint density at radius 2 is 0.940 bits per heavy atom. The van der Waals surface area contributed by atoms with Crippen LogP contribution in [0.5, 0.6) is 5.75 Å². The number of aromatic amines is 2. The number of anilines is 1. The van der Waals surface area contributed by atoms with Gasteiger partial charge in [0.2, 0.25) is 11.7 Å². The number of fused-ring (bicyclic) bond motifs is 5. The molecule has 15 heteroatoms. The number of nitrogens with one attached hydrogen (secondary N) is 3. The maximum atomic E-state index is 12.5. The minimum absolute atomic E-state index is 0.0218. The predicted molar refractivity (Wildman–Crippen MR) is 464 cm³/mol. The monoisotopic (exact) mass is 1530 g/mol. The minimum atomic E-state index is -0.0218. The third-order valence-electron chi connectivity index (χ3n) is 20.5. The molecule has 4 aliphatic rings. The Morgan fingerprint density at radius 3 is 1.43 bits per heavy atom. The second-order valence-corrected chi connectivity index (χ2v) is 30.0. The van der Waals surface area contributed by atoms with Crippen molar-refractivity contribution in [1.29, 1.82) is 0 Å². The van der Waals surface area contributed by atoms with Crippen molar-refractivity contribution < 1.29 is 37.9 Å². The topological polar surface area (TPSA) is 219 Å². The van der Waals surface area contributed by atoms with E-state index in [2.05, 4.69) is 142 Å². The summed E-state index contributed by atoms with van der Waals surface area (Å²) in [6.45, 7) is 8.25. The Morgan fingerprint density at radius 1 is 0.466 bits per heavy atom. The van der Waals surface area contributed by atoms with Crippen molar-refractivity contribution >= 4 is 97.0 Å². The van der Waals surface area contributed by atoms with Gasteiger partial charge in [-0.25, -0.2) is 9.97 Å². The van der Waals surface area contributed by atoms with Crippen LogP contribution in [0.25, 0.3) is 56.5 Å². The maximum absolute atomic E-state index is 12.5. The largest absolute Gasteiger partial charge is 0.494 e. The Hall–Kier alpha value is -13.7. The molecule has 14 aromatic rings. The smallest absolute Gasteiger partial charge is 0.227 e. The van der Waals surface area contributed by atoms with Gasteiger partial charge in [-0.15, -0.1) is 0 Å². The summed E-state index contributed by atoms with van der Waals surface area (Å²) in [6, 6.07) is 91.9. The number of amides is 1. The zero-order chi connectivity index (χ0) is 80.3. The van der Waals surface area contributed by atoms with Gasteiger partial charge in [-0.2, -0.15) is 0 Å². The summed E-state index contributed by atoms with van der Waals surface area (Å²) in [7, 11) is 0. The number of para-hydroxylation sites is 6. The molecule has 578 valence electrons. The van der Waals surface area contributed by atoms with E-state index in [-0.39, 0.29) is 35.0 Å². The van der Waals surface area contributed by atoms with Gasteiger partial charge in [0, 0.05) is 86.1 Å². The zero-order valence-electron chi connectivity index (χ0n) is 65.6. The molecule has 1 fully saturated rings. The van der Waals surface area contributed by atoms with Crippen LogP contribution in [-0.4, -0.2) is 72.8 Å². The highest BCUT2D eigenvalue weighted by Gasteiger charge is 2.30. The summed E-state index contributed by atoms with van der Waals surface area (Å²) < 4.78 is 10.6. The summed E-state index contributed by atoms with van der Waals surface area (Å²) in [5.41, 5.74) is 25.9. The summed E-state index contributed by atoms with van der Waals surface area (Å²) in [5, 5.41) is 2.94. The van der Waals surface area contributed by atoms with Gasteiger partial charge in [0.05, 0.1) is 57.7 Å². The minimum Gasteiger partial charge on any atom is -0.494 e. The van der Waals surface area contributed by atoms with E-state index in [1.807, 2.05) is 177 Å². The number of aliphatic imine (C=N–C) groups is 2. The Balaban J connectivity index is 0.000000120. The molecule has 1 amide bonds. The number of Topliss-reactive ketones (excluding diaryl/α,β-unsaturated/α-hetero) is 5. The third-order valence-corrected chi connectivity index (χ3v) is 20.5. The molecule has 0 bridgehead atoms. The zero-order valence-corrected chi connectivity index (χ0v) is 65.6. The molecule has 0 unspecified atom stereocenters. The Labute approximate surface area is 675 Å². The molecule has 0 spiro atoms. The highest BCUT2D eigenvalue weighted by molar-refractivity contribution is 6.08. The van der Waals surface area contributed by atoms with Gasteiger partial charge >= 0.3 is 0 Å². The predicted octanol–water partition coefficient (Wildman–Crippen LogP) is 21.8. The number of hydrogen-bond acceptors (Lipinski definition) is 12. The van der Waals surface area contributed by atoms with Crippen molar-refractivity contribution in [2.24, 2.45) is 21.8 Å². The van der Waals surface area contributed by atoms with E-state index in [1.165, 1.54) is 46.6 Å². The highest BCUT2D eigenvalue weighted by Crippen LogP contribution is 2.35. The van der Waals surface area contributed by atoms with Crippen molar-refractivity contribution in [2.75, 3.05) is 11.9 Å². The fourth-order valence-electron chi connectivity index (χ4n) is 14.1. The van der Waals surface area contributed by atoms with E-state index in [1.54, 1.807) is 12.1 Å². The number of carbonyl (C=O) groups is 6. The van der Waals surface area contributed by atoms with Crippen molar-refractivity contribution in [3.63, 3.8) is 0 Å². The number of carbonyl (C=O) groups excluding carboxylic acids is 6. The van der Waals surface area contributed by atoms with Gasteiger partial charge in [-0.05, 0) is 203 Å². The molecule has 3 N–H and O–H groups in total. The van der Waals surface area contributed by atoms with E-state index in [0.29, 0.717) is 74.6 Å². The standard InChI is InChI=1S/C24H21NO2.C21H20O2.C20H21NO.C19H14N2O2.C17H15N3O/c1-2-27-21-13-11-19(12-14-21)24(26)15-17-7-9-18(10-8-17)23-16-20-5-3-4-6-22(20)25-23;1-15(22)6-11-21(23)12-16-7-9-17(10-8-16)20-13-18-4-2-3-5-19(18)14-20;1-14(2)11-18(22)12-15-7-9-16(10-8-15)20-13-17-5-3-4-6-19(17)21-20;22-17(18-6-3-11-23-18)12-13-7-9-14(10-8-13)19-20-15-4-1-2-5-16(15)21-19;21-17(12-5-6-12)18-13-9-7-11(8-10-13)16-19-14-3-1-2-4-15(14)20-16/h3-14H,2,15-16H2,1H3;2-5,7-10,13H,6,11-12,14H2,1H3;3-10,14H,11-13H2,1-2H3;1-11H,12H2,(H,20,21);1-4,7-10,12H,5-6H2,(H,18,21)(H,19,20).